The van der Waals surface area contributed by atoms with Gasteiger partial charge in [-0.25, -0.2) is 9.79 Å². The maximum atomic E-state index is 11.4. The Hall–Kier alpha value is -2.62. The molecule has 0 spiro atoms. The van der Waals surface area contributed by atoms with Crippen molar-refractivity contribution in [1.82, 2.24) is 0 Å². The van der Waals surface area contributed by atoms with E-state index < -0.39 is 0 Å². The van der Waals surface area contributed by atoms with Crippen molar-refractivity contribution in [3.63, 3.8) is 0 Å². The van der Waals surface area contributed by atoms with E-state index in [1.165, 1.54) is 7.11 Å². The molecule has 0 saturated carbocycles. The largest absolute Gasteiger partial charge is 0.465 e. The number of carbonyl (C=O) groups excluding carboxylic acids is 1. The van der Waals surface area contributed by atoms with Crippen LogP contribution in [0.4, 0.5) is 11.4 Å². The summed E-state index contributed by atoms with van der Waals surface area (Å²) >= 11 is 0. The Morgan fingerprint density at radius 3 is 2.68 bits per heavy atom. The van der Waals surface area contributed by atoms with Gasteiger partial charge in [-0.15, -0.1) is 0 Å². The number of anilines is 1. The van der Waals surface area contributed by atoms with Crippen molar-refractivity contribution < 1.29 is 9.53 Å². The van der Waals surface area contributed by atoms with Gasteiger partial charge in [-0.1, -0.05) is 24.3 Å². The average molecular weight is 254 g/mol. The van der Waals surface area contributed by atoms with Crippen molar-refractivity contribution in [1.29, 1.82) is 0 Å². The number of carbonyl (C=O) groups is 1. The standard InChI is InChI=1S/C15H14N2O2/c1-19-15(18)12-6-5-9-14(10-12)17-11-16-13-7-3-2-4-8-13/h2-11H,1H3,(H,16,17). The summed E-state index contributed by atoms with van der Waals surface area (Å²) in [5.74, 6) is -0.358. The summed E-state index contributed by atoms with van der Waals surface area (Å²) in [5, 5.41) is 3.01. The van der Waals surface area contributed by atoms with Crippen molar-refractivity contribution >= 4 is 23.7 Å². The van der Waals surface area contributed by atoms with Gasteiger partial charge in [0.1, 0.15) is 0 Å². The quantitative estimate of drug-likeness (QED) is 0.517. The van der Waals surface area contributed by atoms with Crippen LogP contribution in [-0.2, 0) is 4.74 Å². The van der Waals surface area contributed by atoms with E-state index >= 15 is 0 Å². The molecule has 0 amide bonds. The van der Waals surface area contributed by atoms with Gasteiger partial charge in [0.2, 0.25) is 0 Å². The Labute approximate surface area is 111 Å². The van der Waals surface area contributed by atoms with Gasteiger partial charge in [-0.3, -0.25) is 0 Å². The zero-order valence-corrected chi connectivity index (χ0v) is 10.5. The van der Waals surface area contributed by atoms with Crippen molar-refractivity contribution in [2.24, 2.45) is 4.99 Å². The van der Waals surface area contributed by atoms with E-state index in [0.29, 0.717) is 5.56 Å². The van der Waals surface area contributed by atoms with Crippen LogP contribution in [-0.4, -0.2) is 19.4 Å². The van der Waals surface area contributed by atoms with Gasteiger partial charge in [-0.05, 0) is 30.3 Å². The third-order valence-electron chi connectivity index (χ3n) is 2.48. The molecule has 19 heavy (non-hydrogen) atoms. The minimum atomic E-state index is -0.358. The second kappa shape index (κ2) is 6.35. The average Bonchev–Trinajstić information content (AvgIpc) is 2.48. The fourth-order valence-corrected chi connectivity index (χ4v) is 1.55. The monoisotopic (exact) mass is 254 g/mol. The van der Waals surface area contributed by atoms with Crippen molar-refractivity contribution in [3.05, 3.63) is 60.2 Å². The van der Waals surface area contributed by atoms with Gasteiger partial charge >= 0.3 is 5.97 Å². The number of para-hydroxylation sites is 1. The lowest BCUT2D eigenvalue weighted by molar-refractivity contribution is 0.0601. The summed E-state index contributed by atoms with van der Waals surface area (Å²) in [6.07, 6.45) is 1.59. The number of aliphatic imine (C=N–C) groups is 1. The lowest BCUT2D eigenvalue weighted by Gasteiger charge is -2.03. The predicted octanol–water partition coefficient (Wildman–Crippen LogP) is 3.25. The first-order valence-corrected chi connectivity index (χ1v) is 5.82. The first-order valence-electron chi connectivity index (χ1n) is 5.82. The second-order valence-electron chi connectivity index (χ2n) is 3.81. The number of hydrogen-bond acceptors (Lipinski definition) is 3. The Balaban J connectivity index is 2.04. The third-order valence-corrected chi connectivity index (χ3v) is 2.48. The second-order valence-corrected chi connectivity index (χ2v) is 3.81. The Bertz CT molecular complexity index is 580. The van der Waals surface area contributed by atoms with Crippen LogP contribution in [0, 0.1) is 0 Å². The van der Waals surface area contributed by atoms with Crippen LogP contribution >= 0.6 is 0 Å². The summed E-state index contributed by atoms with van der Waals surface area (Å²) in [7, 11) is 1.36. The first kappa shape index (κ1) is 12.8. The van der Waals surface area contributed by atoms with Crippen LogP contribution in [0.15, 0.2) is 59.6 Å². The lowest BCUT2D eigenvalue weighted by Crippen LogP contribution is -2.02. The van der Waals surface area contributed by atoms with Crippen LogP contribution in [0.3, 0.4) is 0 Å². The number of nitrogens with zero attached hydrogens (tertiary/aromatic N) is 1. The molecular formula is C15H14N2O2. The topological polar surface area (TPSA) is 50.7 Å². The van der Waals surface area contributed by atoms with E-state index in [9.17, 15) is 4.79 Å². The molecular weight excluding hydrogens is 240 g/mol. The summed E-state index contributed by atoms with van der Waals surface area (Å²) in [6.45, 7) is 0. The highest BCUT2D eigenvalue weighted by atomic mass is 16.5. The molecule has 0 heterocycles. The highest BCUT2D eigenvalue weighted by molar-refractivity contribution is 5.91. The van der Waals surface area contributed by atoms with Crippen LogP contribution in [0.25, 0.3) is 0 Å². The van der Waals surface area contributed by atoms with Gasteiger partial charge in [0.05, 0.1) is 24.7 Å². The predicted molar refractivity (Wildman–Crippen MR) is 76.0 cm³/mol. The van der Waals surface area contributed by atoms with Crippen molar-refractivity contribution in [3.8, 4) is 0 Å². The number of methoxy groups -OCH3 is 1. The molecule has 1 N–H and O–H groups in total. The third kappa shape index (κ3) is 3.67. The smallest absolute Gasteiger partial charge is 0.337 e. The van der Waals surface area contributed by atoms with Gasteiger partial charge < -0.3 is 10.1 Å². The first-order chi connectivity index (χ1) is 9.29. The molecule has 0 unspecified atom stereocenters. The van der Waals surface area contributed by atoms with Crippen LogP contribution in [0.1, 0.15) is 10.4 Å². The van der Waals surface area contributed by atoms with E-state index in [0.717, 1.165) is 11.4 Å². The zero-order chi connectivity index (χ0) is 13.5. The van der Waals surface area contributed by atoms with Crippen molar-refractivity contribution in [2.45, 2.75) is 0 Å². The maximum Gasteiger partial charge on any atom is 0.337 e. The van der Waals surface area contributed by atoms with Crippen molar-refractivity contribution in [2.75, 3.05) is 12.4 Å². The van der Waals surface area contributed by atoms with Crippen LogP contribution < -0.4 is 5.32 Å². The molecule has 0 aromatic heterocycles. The Morgan fingerprint density at radius 1 is 1.16 bits per heavy atom. The number of esters is 1. The Morgan fingerprint density at radius 2 is 1.95 bits per heavy atom. The molecule has 0 atom stereocenters. The highest BCUT2D eigenvalue weighted by Crippen LogP contribution is 2.12. The normalized spacial score (nSPS) is 10.4. The molecule has 0 aliphatic carbocycles. The minimum absolute atomic E-state index is 0.358. The minimum Gasteiger partial charge on any atom is -0.465 e. The van der Waals surface area contributed by atoms with E-state index in [1.807, 2.05) is 36.4 Å². The van der Waals surface area contributed by atoms with Gasteiger partial charge in [0.25, 0.3) is 0 Å². The van der Waals surface area contributed by atoms with E-state index in [1.54, 1.807) is 24.5 Å². The molecule has 0 radical (unpaired) electrons. The summed E-state index contributed by atoms with van der Waals surface area (Å²) in [5.41, 5.74) is 2.14. The number of ether oxygens (including phenoxy) is 1. The molecule has 2 rings (SSSR count). The SMILES string of the molecule is COC(=O)c1cccc(NC=Nc2ccccc2)c1. The molecule has 0 aliphatic rings. The number of rotatable bonds is 4. The zero-order valence-electron chi connectivity index (χ0n) is 10.5. The summed E-state index contributed by atoms with van der Waals surface area (Å²) < 4.78 is 4.66. The van der Waals surface area contributed by atoms with Gasteiger partial charge in [0.15, 0.2) is 0 Å². The molecule has 0 saturated heterocycles. The molecule has 4 heteroatoms. The summed E-state index contributed by atoms with van der Waals surface area (Å²) in [6, 6.07) is 16.6. The van der Waals surface area contributed by atoms with Crippen LogP contribution in [0.5, 0.6) is 0 Å². The maximum absolute atomic E-state index is 11.4. The molecule has 2 aromatic carbocycles. The molecule has 96 valence electrons. The molecule has 0 bridgehead atoms. The molecule has 2 aromatic rings. The Kier molecular flexibility index (Phi) is 4.29. The van der Waals surface area contributed by atoms with E-state index in [2.05, 4.69) is 15.0 Å². The fourth-order valence-electron chi connectivity index (χ4n) is 1.55. The van der Waals surface area contributed by atoms with Gasteiger partial charge in [-0.2, -0.15) is 0 Å². The van der Waals surface area contributed by atoms with E-state index in [-0.39, 0.29) is 5.97 Å². The molecule has 4 nitrogen and oxygen atoms in total. The number of nitrogens with one attached hydrogen (secondary N) is 1. The molecule has 0 aliphatic heterocycles. The lowest BCUT2D eigenvalue weighted by atomic mass is 10.2. The number of benzene rings is 2. The van der Waals surface area contributed by atoms with Crippen LogP contribution in [0.2, 0.25) is 0 Å². The van der Waals surface area contributed by atoms with E-state index in [4.69, 9.17) is 0 Å². The summed E-state index contributed by atoms with van der Waals surface area (Å²) in [4.78, 5) is 15.6. The highest BCUT2D eigenvalue weighted by Gasteiger charge is 2.04. The number of hydrogen-bond donors (Lipinski definition) is 1. The fraction of sp³-hybridized carbons (Fsp3) is 0.0667. The molecule has 0 fully saturated rings. The van der Waals surface area contributed by atoms with Gasteiger partial charge in [0, 0.05) is 5.69 Å².